The van der Waals surface area contributed by atoms with E-state index in [0.29, 0.717) is 3.63 Å². The molecule has 3 aliphatic rings. The monoisotopic (exact) mass is 809 g/mol. The van der Waals surface area contributed by atoms with Crippen LogP contribution >= 0.6 is 17.0 Å². The maximum absolute atomic E-state index is 9.24. The Morgan fingerprint density at radius 1 is 0.569 bits per heavy atom. The van der Waals surface area contributed by atoms with Gasteiger partial charge in [0.25, 0.3) is 0 Å². The normalized spacial score (nSPS) is 20.9. The summed E-state index contributed by atoms with van der Waals surface area (Å²) in [7, 11) is 18.5. The number of rotatable bonds is 5. The summed E-state index contributed by atoms with van der Waals surface area (Å²) in [6.45, 7) is 20.9. The van der Waals surface area contributed by atoms with Gasteiger partial charge in [-0.15, -0.1) is 0 Å². The molecule has 7 rings (SSSR count). The van der Waals surface area contributed by atoms with Gasteiger partial charge in [0.05, 0.1) is 0 Å². The van der Waals surface area contributed by atoms with Crippen molar-refractivity contribution >= 4 is 35.3 Å². The van der Waals surface area contributed by atoms with E-state index in [1.54, 1.807) is 0 Å². The fourth-order valence-electron chi connectivity index (χ4n) is 10.8. The van der Waals surface area contributed by atoms with Gasteiger partial charge in [-0.3, -0.25) is 0 Å². The predicted molar refractivity (Wildman–Crippen MR) is 225 cm³/mol. The number of hydrogen-bond acceptors (Lipinski definition) is 0. The summed E-state index contributed by atoms with van der Waals surface area (Å²) >= 11 is -5.58. The van der Waals surface area contributed by atoms with Gasteiger partial charge < -0.3 is 0 Å². The summed E-state index contributed by atoms with van der Waals surface area (Å²) in [4.78, 5) is 0. The van der Waals surface area contributed by atoms with Crippen LogP contribution in [0.5, 0.6) is 0 Å². The Bertz CT molecular complexity index is 2040. The van der Waals surface area contributed by atoms with Crippen LogP contribution in [0.3, 0.4) is 0 Å². The molecule has 0 amide bonds. The third kappa shape index (κ3) is 5.75. The number of allylic oxidation sites excluding steroid dienone is 2. The van der Waals surface area contributed by atoms with Crippen molar-refractivity contribution in [1.29, 1.82) is 0 Å². The number of benzene rings is 4. The van der Waals surface area contributed by atoms with Gasteiger partial charge in [0.15, 0.2) is 0 Å². The quantitative estimate of drug-likeness (QED) is 0.176. The Morgan fingerprint density at radius 2 is 0.961 bits per heavy atom. The third-order valence-electron chi connectivity index (χ3n) is 13.5. The molecule has 267 valence electrons. The van der Waals surface area contributed by atoms with Crippen LogP contribution in [0.2, 0.25) is 10.2 Å². The predicted octanol–water partition coefficient (Wildman–Crippen LogP) is 14.9. The zero-order valence-corrected chi connectivity index (χ0v) is 37.5. The van der Waals surface area contributed by atoms with Crippen LogP contribution in [0, 0.1) is 0 Å². The van der Waals surface area contributed by atoms with Crippen molar-refractivity contribution in [2.24, 2.45) is 0 Å². The summed E-state index contributed by atoms with van der Waals surface area (Å²) in [5, 5.41) is 0. The van der Waals surface area contributed by atoms with Crippen molar-refractivity contribution in [3.8, 4) is 22.3 Å². The molecule has 0 heterocycles. The molecule has 0 bridgehead atoms. The van der Waals surface area contributed by atoms with E-state index in [1.165, 1.54) is 86.0 Å². The zero-order chi connectivity index (χ0) is 36.6. The molecule has 0 radical (unpaired) electrons. The third-order valence-corrected chi connectivity index (χ3v) is 66.0. The van der Waals surface area contributed by atoms with Crippen LogP contribution in [-0.4, -0.2) is 6.16 Å². The first-order chi connectivity index (χ1) is 23.9. The molecule has 4 heteroatoms. The van der Waals surface area contributed by atoms with Crippen LogP contribution in [0.25, 0.3) is 34.4 Å². The van der Waals surface area contributed by atoms with Crippen molar-refractivity contribution in [3.63, 3.8) is 0 Å². The van der Waals surface area contributed by atoms with E-state index in [0.717, 1.165) is 12.8 Å². The van der Waals surface area contributed by atoms with Crippen LogP contribution in [0.1, 0.15) is 128 Å². The minimum absolute atomic E-state index is 0.0652. The zero-order valence-electron chi connectivity index (χ0n) is 32.3. The fourth-order valence-corrected chi connectivity index (χ4v) is 55.7. The van der Waals surface area contributed by atoms with E-state index in [2.05, 4.69) is 159 Å². The van der Waals surface area contributed by atoms with Gasteiger partial charge in [-0.2, -0.15) is 0 Å². The number of hydrogen-bond donors (Lipinski definition) is 0. The molecule has 0 spiro atoms. The molecule has 1 saturated carbocycles. The molecule has 51 heavy (non-hydrogen) atoms. The Balaban J connectivity index is 1.45. The van der Waals surface area contributed by atoms with Crippen LogP contribution in [0.4, 0.5) is 0 Å². The molecule has 0 aromatic heterocycles. The number of halogens is 2. The maximum atomic E-state index is 9.24. The molecule has 4 aromatic carbocycles. The first-order valence-corrected chi connectivity index (χ1v) is 35.9. The summed E-state index contributed by atoms with van der Waals surface area (Å²) in [6.07, 6.45) is 10.7. The van der Waals surface area contributed by atoms with E-state index in [9.17, 15) is 17.0 Å². The summed E-state index contributed by atoms with van der Waals surface area (Å²) in [6, 6.07) is 32.4. The van der Waals surface area contributed by atoms with E-state index >= 15 is 0 Å². The van der Waals surface area contributed by atoms with E-state index in [4.69, 9.17) is 0 Å². The first kappa shape index (κ1) is 37.4. The molecule has 3 aliphatic carbocycles. The molecule has 0 saturated heterocycles. The van der Waals surface area contributed by atoms with Crippen LogP contribution < -0.4 is 0 Å². The Labute approximate surface area is 313 Å². The summed E-state index contributed by atoms with van der Waals surface area (Å²) < 4.78 is 0.484. The van der Waals surface area contributed by atoms with Gasteiger partial charge in [0.1, 0.15) is 0 Å². The summed E-state index contributed by atoms with van der Waals surface area (Å²) in [5.74, 6) is 0. The molecule has 0 nitrogen and oxygen atoms in total. The molecule has 0 N–H and O–H groups in total. The minimum atomic E-state index is -5.58. The van der Waals surface area contributed by atoms with Crippen molar-refractivity contribution < 1.29 is 13.5 Å². The van der Waals surface area contributed by atoms with E-state index < -0.39 is 13.5 Å². The van der Waals surface area contributed by atoms with Crippen LogP contribution in [0.15, 0.2) is 96.1 Å². The SMILES string of the molecule is C[SiH]=[Zr]([Cl])([Cl])([CH]1CCCCC1)([CH]1C(C)=Cc2c(-c3ccc(C(C)(C)C)cc3)cccc21)[CH]1C(C)=Cc2c(-c3ccc(C(C)(C)C)cc3)cccc21. The van der Waals surface area contributed by atoms with Crippen molar-refractivity contribution in [1.82, 2.24) is 0 Å². The molecule has 1 fully saturated rings. The Hall–Kier alpha value is -1.96. The summed E-state index contributed by atoms with van der Waals surface area (Å²) in [5.41, 5.74) is 16.2. The second-order valence-corrected chi connectivity index (χ2v) is 65.1. The number of fused-ring (bicyclic) bond motifs is 2. The van der Waals surface area contributed by atoms with Gasteiger partial charge in [0, 0.05) is 0 Å². The molecular weight excluding hydrogens is 755 g/mol. The molecule has 4 aromatic rings. The van der Waals surface area contributed by atoms with E-state index in [1.807, 2.05) is 0 Å². The van der Waals surface area contributed by atoms with Crippen molar-refractivity contribution in [2.75, 3.05) is 0 Å². The van der Waals surface area contributed by atoms with Crippen LogP contribution in [-0.2, 0) is 24.4 Å². The van der Waals surface area contributed by atoms with Gasteiger partial charge in [0.2, 0.25) is 0 Å². The van der Waals surface area contributed by atoms with Gasteiger partial charge >= 0.3 is 316 Å². The molecule has 2 atom stereocenters. The second-order valence-electron chi connectivity index (χ2n) is 18.5. The van der Waals surface area contributed by atoms with E-state index in [-0.39, 0.29) is 24.2 Å². The molecule has 0 aliphatic heterocycles. The second kappa shape index (κ2) is 12.5. The standard InChI is InChI=1S/2C20H21.C6H11.CH4Si.2ClH.Zr/c2*1-14-12-16-6-5-7-18(19(16)13-14)15-8-10-17(11-9-15)20(2,3)4;1-2-4-6-5-3-1;1-2;;;/h2*5-13H,1-4H3;1H,2-6H2;2H,1H3;2*1H;/q;;;;;;+2/p-2. The van der Waals surface area contributed by atoms with Crippen molar-refractivity contribution in [3.05, 3.63) is 129 Å². The average Bonchev–Trinajstić information content (AvgIpc) is 3.65. The molecule has 2 unspecified atom stereocenters. The Kier molecular flexibility index (Phi) is 9.19. The van der Waals surface area contributed by atoms with Crippen molar-refractivity contribution in [2.45, 2.75) is 116 Å². The van der Waals surface area contributed by atoms with Gasteiger partial charge in [-0.25, -0.2) is 0 Å². The fraction of sp³-hybridized carbons (Fsp3) is 0.404. The van der Waals surface area contributed by atoms with Gasteiger partial charge in [-0.05, 0) is 0 Å². The average molecular weight is 812 g/mol. The first-order valence-electron chi connectivity index (χ1n) is 19.4. The topological polar surface area (TPSA) is 0 Å². The molecular formula is C47H57Cl2SiZr. The van der Waals surface area contributed by atoms with Gasteiger partial charge in [-0.1, -0.05) is 0 Å². The Morgan fingerprint density at radius 3 is 1.31 bits per heavy atom.